The summed E-state index contributed by atoms with van der Waals surface area (Å²) < 4.78 is 12.2. The molecule has 40 heavy (non-hydrogen) atoms. The molecule has 0 radical (unpaired) electrons. The second-order valence-corrected chi connectivity index (χ2v) is 9.88. The number of fused-ring (bicyclic) bond motifs is 1. The Bertz CT molecular complexity index is 1500. The Labute approximate surface area is 232 Å². The second-order valence-electron chi connectivity index (χ2n) is 9.88. The Balaban J connectivity index is 1.60. The van der Waals surface area contributed by atoms with Gasteiger partial charge in [-0.1, -0.05) is 48.7 Å². The summed E-state index contributed by atoms with van der Waals surface area (Å²) in [6.07, 6.45) is 4.98. The summed E-state index contributed by atoms with van der Waals surface area (Å²) in [5, 5.41) is 22.2. The highest BCUT2D eigenvalue weighted by Crippen LogP contribution is 2.35. The molecular weight excluding hydrogens is 510 g/mol. The van der Waals surface area contributed by atoms with Crippen molar-refractivity contribution >= 4 is 28.5 Å². The van der Waals surface area contributed by atoms with E-state index in [0.717, 1.165) is 32.1 Å². The number of hydrogen-bond donors (Lipinski definition) is 2. The van der Waals surface area contributed by atoms with Gasteiger partial charge in [-0.15, -0.1) is 5.10 Å². The minimum atomic E-state index is -1.09. The van der Waals surface area contributed by atoms with E-state index in [2.05, 4.69) is 15.6 Å². The third kappa shape index (κ3) is 5.70. The van der Waals surface area contributed by atoms with Crippen LogP contribution >= 0.6 is 0 Å². The first kappa shape index (κ1) is 27.0. The van der Waals surface area contributed by atoms with Crippen LogP contribution in [0.2, 0.25) is 0 Å². The smallest absolute Gasteiger partial charge is 0.249 e. The number of nitrogens with zero attached hydrogens (tertiary/aromatic N) is 4. The number of phenols is 1. The average Bonchev–Trinajstić information content (AvgIpc) is 3.38. The van der Waals surface area contributed by atoms with Crippen LogP contribution in [0, 0.1) is 0 Å². The van der Waals surface area contributed by atoms with E-state index in [1.165, 1.54) is 22.8 Å². The summed E-state index contributed by atoms with van der Waals surface area (Å²) >= 11 is 0. The summed E-state index contributed by atoms with van der Waals surface area (Å²) in [7, 11) is 3.00. The fraction of sp³-hybridized carbons (Fsp3) is 0.333. The standard InChI is InChI=1S/C30H33N5O5/c1-39-23-12-8-11-22(18-23)35(28(37)19-34-25-14-7-6-13-24(25)32-33-34)29(20-15-16-27(40-2)26(36)17-20)30(38)31-21-9-4-3-5-10-21/h6-8,11-18,21,29,36H,3-5,9-10,19H2,1-2H3,(H,31,38). The zero-order valence-electron chi connectivity index (χ0n) is 22.6. The van der Waals surface area contributed by atoms with E-state index >= 15 is 0 Å². The lowest BCUT2D eigenvalue weighted by Crippen LogP contribution is -2.48. The first-order valence-electron chi connectivity index (χ1n) is 13.4. The molecular formula is C30H33N5O5. The molecule has 1 saturated carbocycles. The minimum Gasteiger partial charge on any atom is -0.504 e. The molecule has 208 valence electrons. The van der Waals surface area contributed by atoms with Crippen LogP contribution in [0.15, 0.2) is 66.7 Å². The summed E-state index contributed by atoms with van der Waals surface area (Å²) in [4.78, 5) is 29.7. The molecule has 1 aliphatic rings. The zero-order valence-corrected chi connectivity index (χ0v) is 22.6. The lowest BCUT2D eigenvalue weighted by Gasteiger charge is -2.33. The van der Waals surface area contributed by atoms with E-state index in [1.54, 1.807) is 43.5 Å². The van der Waals surface area contributed by atoms with Gasteiger partial charge in [0.25, 0.3) is 0 Å². The molecule has 10 heteroatoms. The second kappa shape index (κ2) is 12.1. The van der Waals surface area contributed by atoms with Gasteiger partial charge in [-0.3, -0.25) is 14.5 Å². The lowest BCUT2D eigenvalue weighted by molar-refractivity contribution is -0.127. The van der Waals surface area contributed by atoms with Gasteiger partial charge in [0.05, 0.1) is 19.7 Å². The fourth-order valence-electron chi connectivity index (χ4n) is 5.26. The highest BCUT2D eigenvalue weighted by Gasteiger charge is 2.35. The number of aromatic nitrogens is 3. The Morgan fingerprint density at radius 3 is 2.58 bits per heavy atom. The van der Waals surface area contributed by atoms with Crippen LogP contribution in [0.1, 0.15) is 43.7 Å². The highest BCUT2D eigenvalue weighted by atomic mass is 16.5. The molecule has 0 saturated heterocycles. The number of anilines is 1. The molecule has 2 amide bonds. The molecule has 0 spiro atoms. The Morgan fingerprint density at radius 2 is 1.82 bits per heavy atom. The van der Waals surface area contributed by atoms with Gasteiger partial charge in [-0.05, 0) is 54.8 Å². The molecule has 0 bridgehead atoms. The van der Waals surface area contributed by atoms with Crippen molar-refractivity contribution in [3.63, 3.8) is 0 Å². The van der Waals surface area contributed by atoms with Gasteiger partial charge in [0.1, 0.15) is 23.9 Å². The number of amides is 2. The van der Waals surface area contributed by atoms with Crippen molar-refractivity contribution in [3.8, 4) is 17.2 Å². The quantitative estimate of drug-likeness (QED) is 0.322. The number of phenolic OH excluding ortho intramolecular Hbond substituents is 1. The molecule has 1 heterocycles. The predicted octanol–water partition coefficient (Wildman–Crippen LogP) is 4.38. The number of aromatic hydroxyl groups is 1. The van der Waals surface area contributed by atoms with E-state index in [0.29, 0.717) is 28.0 Å². The normalized spacial score (nSPS) is 14.4. The number of carbonyl (C=O) groups excluding carboxylic acids is 2. The Morgan fingerprint density at radius 1 is 1.02 bits per heavy atom. The average molecular weight is 544 g/mol. The van der Waals surface area contributed by atoms with Crippen LogP contribution in [-0.4, -0.2) is 52.2 Å². The SMILES string of the molecule is COc1cccc(N(C(=O)Cn2nnc3ccccc32)C(C(=O)NC2CCCCC2)c2ccc(OC)c(O)c2)c1. The molecule has 0 aliphatic heterocycles. The Hall–Kier alpha value is -4.60. The topological polar surface area (TPSA) is 119 Å². The first-order chi connectivity index (χ1) is 19.5. The minimum absolute atomic E-state index is 0.0112. The highest BCUT2D eigenvalue weighted by molar-refractivity contribution is 6.01. The molecule has 1 fully saturated rings. The van der Waals surface area contributed by atoms with Gasteiger partial charge in [0.15, 0.2) is 11.5 Å². The Kier molecular flexibility index (Phi) is 8.14. The number of benzene rings is 3. The lowest BCUT2D eigenvalue weighted by atomic mass is 9.94. The van der Waals surface area contributed by atoms with Crippen LogP contribution in [0.3, 0.4) is 0 Å². The summed E-state index contributed by atoms with van der Waals surface area (Å²) in [5.41, 5.74) is 2.26. The summed E-state index contributed by atoms with van der Waals surface area (Å²) in [6.45, 7) is -0.160. The van der Waals surface area contributed by atoms with Gasteiger partial charge in [-0.25, -0.2) is 4.68 Å². The first-order valence-corrected chi connectivity index (χ1v) is 13.4. The maximum atomic E-state index is 14.2. The van der Waals surface area contributed by atoms with Crippen molar-refractivity contribution in [2.75, 3.05) is 19.1 Å². The third-order valence-corrected chi connectivity index (χ3v) is 7.28. The fourth-order valence-corrected chi connectivity index (χ4v) is 5.26. The number of nitrogens with one attached hydrogen (secondary N) is 1. The zero-order chi connectivity index (χ0) is 28.1. The maximum Gasteiger partial charge on any atom is 0.249 e. The monoisotopic (exact) mass is 543 g/mol. The van der Waals surface area contributed by atoms with Crippen molar-refractivity contribution in [2.45, 2.75) is 50.7 Å². The molecule has 1 aromatic heterocycles. The predicted molar refractivity (Wildman–Crippen MR) is 150 cm³/mol. The van der Waals surface area contributed by atoms with Gasteiger partial charge >= 0.3 is 0 Å². The van der Waals surface area contributed by atoms with E-state index in [-0.39, 0.29) is 35.9 Å². The molecule has 4 aromatic rings. The summed E-state index contributed by atoms with van der Waals surface area (Å²) in [5.74, 6) is -0.0519. The summed E-state index contributed by atoms with van der Waals surface area (Å²) in [6, 6.07) is 18.0. The molecule has 2 N–H and O–H groups in total. The van der Waals surface area contributed by atoms with Gasteiger partial charge < -0.3 is 19.9 Å². The largest absolute Gasteiger partial charge is 0.504 e. The van der Waals surface area contributed by atoms with Crippen LogP contribution < -0.4 is 19.7 Å². The van der Waals surface area contributed by atoms with Crippen molar-refractivity contribution in [1.29, 1.82) is 0 Å². The number of methoxy groups -OCH3 is 2. The number of hydrogen-bond acceptors (Lipinski definition) is 7. The van der Waals surface area contributed by atoms with Crippen LogP contribution in [0.4, 0.5) is 5.69 Å². The molecule has 1 aliphatic carbocycles. The number of ether oxygens (including phenoxy) is 2. The third-order valence-electron chi connectivity index (χ3n) is 7.28. The van der Waals surface area contributed by atoms with E-state index < -0.39 is 6.04 Å². The molecule has 5 rings (SSSR count). The maximum absolute atomic E-state index is 14.2. The molecule has 1 atom stereocenters. The van der Waals surface area contributed by atoms with Crippen molar-refractivity contribution in [3.05, 3.63) is 72.3 Å². The van der Waals surface area contributed by atoms with Gasteiger partial charge in [0, 0.05) is 17.8 Å². The molecule has 10 nitrogen and oxygen atoms in total. The number of carbonyl (C=O) groups is 2. The van der Waals surface area contributed by atoms with Crippen molar-refractivity contribution < 1.29 is 24.2 Å². The van der Waals surface area contributed by atoms with Gasteiger partial charge in [0.2, 0.25) is 11.8 Å². The van der Waals surface area contributed by atoms with Crippen LogP contribution in [0.25, 0.3) is 11.0 Å². The number of rotatable bonds is 9. The molecule has 3 aromatic carbocycles. The van der Waals surface area contributed by atoms with Crippen LogP contribution in [0.5, 0.6) is 17.2 Å². The van der Waals surface area contributed by atoms with E-state index in [9.17, 15) is 14.7 Å². The van der Waals surface area contributed by atoms with Gasteiger partial charge in [-0.2, -0.15) is 0 Å². The molecule has 1 unspecified atom stereocenters. The number of para-hydroxylation sites is 1. The van der Waals surface area contributed by atoms with Crippen molar-refractivity contribution in [2.24, 2.45) is 0 Å². The van der Waals surface area contributed by atoms with E-state index in [1.807, 2.05) is 24.3 Å². The van der Waals surface area contributed by atoms with Crippen molar-refractivity contribution in [1.82, 2.24) is 20.3 Å². The van der Waals surface area contributed by atoms with Crippen LogP contribution in [-0.2, 0) is 16.1 Å². The van der Waals surface area contributed by atoms with E-state index in [4.69, 9.17) is 9.47 Å².